The lowest BCUT2D eigenvalue weighted by Crippen LogP contribution is -2.30. The number of benzene rings is 1. The van der Waals surface area contributed by atoms with Gasteiger partial charge >= 0.3 is 0 Å². The first-order valence-corrected chi connectivity index (χ1v) is 9.18. The largest absolute Gasteiger partial charge is 0.359 e. The molecule has 1 unspecified atom stereocenters. The molecule has 138 valence electrons. The SMILES string of the molecule is Cc1cc(C2CCCN2C(=O)c2cccc(-c3nc(C)cnc3C)c2)on1. The molecule has 1 aliphatic heterocycles. The Labute approximate surface area is 158 Å². The van der Waals surface area contributed by atoms with Gasteiger partial charge in [0.15, 0.2) is 5.76 Å². The third kappa shape index (κ3) is 3.35. The fourth-order valence-electron chi connectivity index (χ4n) is 3.62. The minimum absolute atomic E-state index is 0.00617. The molecular weight excluding hydrogens is 340 g/mol. The molecule has 0 saturated carbocycles. The highest BCUT2D eigenvalue weighted by Crippen LogP contribution is 2.34. The van der Waals surface area contributed by atoms with Gasteiger partial charge in [-0.1, -0.05) is 17.3 Å². The Balaban J connectivity index is 1.65. The van der Waals surface area contributed by atoms with Crippen LogP contribution in [0, 0.1) is 20.8 Å². The Morgan fingerprint density at radius 2 is 2.04 bits per heavy atom. The van der Waals surface area contributed by atoms with Gasteiger partial charge in [0, 0.05) is 29.9 Å². The minimum atomic E-state index is -0.0529. The topological polar surface area (TPSA) is 72.1 Å². The first kappa shape index (κ1) is 17.4. The molecule has 4 rings (SSSR count). The predicted molar refractivity (Wildman–Crippen MR) is 101 cm³/mol. The predicted octanol–water partition coefficient (Wildman–Crippen LogP) is 4.03. The summed E-state index contributed by atoms with van der Waals surface area (Å²) in [6, 6.07) is 9.48. The molecular formula is C21H22N4O2. The van der Waals surface area contributed by atoms with E-state index < -0.39 is 0 Å². The van der Waals surface area contributed by atoms with E-state index in [2.05, 4.69) is 15.1 Å². The van der Waals surface area contributed by atoms with Crippen LogP contribution in [0.4, 0.5) is 0 Å². The van der Waals surface area contributed by atoms with Gasteiger partial charge in [0.25, 0.3) is 5.91 Å². The molecule has 0 aliphatic carbocycles. The molecule has 6 nitrogen and oxygen atoms in total. The summed E-state index contributed by atoms with van der Waals surface area (Å²) in [6.07, 6.45) is 3.60. The number of nitrogens with zero attached hydrogens (tertiary/aromatic N) is 4. The van der Waals surface area contributed by atoms with Gasteiger partial charge in [-0.15, -0.1) is 0 Å². The Morgan fingerprint density at radius 3 is 2.81 bits per heavy atom. The Kier molecular flexibility index (Phi) is 4.48. The summed E-state index contributed by atoms with van der Waals surface area (Å²) in [4.78, 5) is 24.1. The highest BCUT2D eigenvalue weighted by atomic mass is 16.5. The van der Waals surface area contributed by atoms with Gasteiger partial charge in [0.1, 0.15) is 0 Å². The van der Waals surface area contributed by atoms with Gasteiger partial charge in [0.2, 0.25) is 0 Å². The van der Waals surface area contributed by atoms with Gasteiger partial charge in [-0.05, 0) is 45.7 Å². The molecule has 0 bridgehead atoms. The van der Waals surface area contributed by atoms with Crippen LogP contribution < -0.4 is 0 Å². The van der Waals surface area contributed by atoms with Crippen molar-refractivity contribution >= 4 is 5.91 Å². The summed E-state index contributed by atoms with van der Waals surface area (Å²) in [5, 5.41) is 3.97. The molecule has 1 aromatic carbocycles. The standard InChI is InChI=1S/C21H22N4O2/c1-13-10-19(27-24-13)18-8-5-9-25(18)21(26)17-7-4-6-16(11-17)20-15(3)22-12-14(2)23-20/h4,6-7,10-12,18H,5,8-9H2,1-3H3. The van der Waals surface area contributed by atoms with Crippen molar-refractivity contribution in [3.8, 4) is 11.3 Å². The molecule has 0 radical (unpaired) electrons. The van der Waals surface area contributed by atoms with Crippen LogP contribution in [-0.4, -0.2) is 32.5 Å². The zero-order chi connectivity index (χ0) is 19.0. The van der Waals surface area contributed by atoms with Crippen molar-refractivity contribution in [1.82, 2.24) is 20.0 Å². The lowest BCUT2D eigenvalue weighted by atomic mass is 10.0. The molecule has 0 N–H and O–H groups in total. The normalized spacial score (nSPS) is 16.7. The van der Waals surface area contributed by atoms with Crippen LogP contribution in [0.25, 0.3) is 11.3 Å². The molecule has 1 saturated heterocycles. The van der Waals surface area contributed by atoms with Gasteiger partial charge in [0.05, 0.1) is 28.8 Å². The molecule has 3 heterocycles. The van der Waals surface area contributed by atoms with Crippen LogP contribution in [0.2, 0.25) is 0 Å². The molecule has 3 aromatic rings. The maximum atomic E-state index is 13.2. The molecule has 1 amide bonds. The second-order valence-corrected chi connectivity index (χ2v) is 7.05. The maximum Gasteiger partial charge on any atom is 0.254 e. The average Bonchev–Trinajstić information content (AvgIpc) is 3.32. The van der Waals surface area contributed by atoms with E-state index in [1.807, 2.05) is 56.0 Å². The van der Waals surface area contributed by atoms with Crippen molar-refractivity contribution in [2.75, 3.05) is 6.54 Å². The third-order valence-electron chi connectivity index (χ3n) is 4.95. The van der Waals surface area contributed by atoms with Crippen LogP contribution in [0.5, 0.6) is 0 Å². The molecule has 27 heavy (non-hydrogen) atoms. The summed E-state index contributed by atoms with van der Waals surface area (Å²) in [6.45, 7) is 6.46. The minimum Gasteiger partial charge on any atom is -0.359 e. The van der Waals surface area contributed by atoms with E-state index in [4.69, 9.17) is 4.52 Å². The quantitative estimate of drug-likeness (QED) is 0.703. The number of amides is 1. The van der Waals surface area contributed by atoms with Crippen molar-refractivity contribution in [3.63, 3.8) is 0 Å². The van der Waals surface area contributed by atoms with E-state index in [0.29, 0.717) is 5.56 Å². The zero-order valence-electron chi connectivity index (χ0n) is 15.8. The molecule has 0 spiro atoms. The number of carbonyl (C=O) groups excluding carboxylic acids is 1. The first-order chi connectivity index (χ1) is 13.0. The van der Waals surface area contributed by atoms with E-state index in [9.17, 15) is 4.79 Å². The van der Waals surface area contributed by atoms with Crippen molar-refractivity contribution in [3.05, 3.63) is 64.9 Å². The number of carbonyl (C=O) groups is 1. The van der Waals surface area contributed by atoms with Gasteiger partial charge < -0.3 is 9.42 Å². The van der Waals surface area contributed by atoms with Crippen LogP contribution in [0.15, 0.2) is 41.1 Å². The number of hydrogen-bond acceptors (Lipinski definition) is 5. The fourth-order valence-corrected chi connectivity index (χ4v) is 3.62. The van der Waals surface area contributed by atoms with E-state index in [1.165, 1.54) is 0 Å². The fraction of sp³-hybridized carbons (Fsp3) is 0.333. The van der Waals surface area contributed by atoms with Crippen molar-refractivity contribution in [2.24, 2.45) is 0 Å². The molecule has 1 fully saturated rings. The average molecular weight is 362 g/mol. The molecule has 2 aromatic heterocycles. The Bertz CT molecular complexity index is 995. The second kappa shape index (κ2) is 6.95. The summed E-state index contributed by atoms with van der Waals surface area (Å²) >= 11 is 0. The first-order valence-electron chi connectivity index (χ1n) is 9.18. The highest BCUT2D eigenvalue weighted by Gasteiger charge is 2.33. The van der Waals surface area contributed by atoms with Crippen LogP contribution in [0.3, 0.4) is 0 Å². The zero-order valence-corrected chi connectivity index (χ0v) is 15.8. The summed E-state index contributed by atoms with van der Waals surface area (Å²) < 4.78 is 5.42. The monoisotopic (exact) mass is 362 g/mol. The van der Waals surface area contributed by atoms with Crippen LogP contribution >= 0.6 is 0 Å². The summed E-state index contributed by atoms with van der Waals surface area (Å²) in [7, 11) is 0. The lowest BCUT2D eigenvalue weighted by Gasteiger charge is -2.23. The number of aromatic nitrogens is 3. The maximum absolute atomic E-state index is 13.2. The van der Waals surface area contributed by atoms with Crippen molar-refractivity contribution in [2.45, 2.75) is 39.7 Å². The van der Waals surface area contributed by atoms with Crippen LogP contribution in [-0.2, 0) is 0 Å². The van der Waals surface area contributed by atoms with Crippen molar-refractivity contribution in [1.29, 1.82) is 0 Å². The van der Waals surface area contributed by atoms with E-state index in [0.717, 1.165) is 53.5 Å². The highest BCUT2D eigenvalue weighted by molar-refractivity contribution is 5.95. The molecule has 1 aliphatic rings. The molecule has 1 atom stereocenters. The van der Waals surface area contributed by atoms with E-state index >= 15 is 0 Å². The summed E-state index contributed by atoms with van der Waals surface area (Å²) in [5.41, 5.74) is 4.90. The Hall–Kier alpha value is -3.02. The number of rotatable bonds is 3. The number of hydrogen-bond donors (Lipinski definition) is 0. The van der Waals surface area contributed by atoms with Crippen LogP contribution in [0.1, 0.15) is 52.1 Å². The molecule has 6 heteroatoms. The number of likely N-dealkylation sites (tertiary alicyclic amines) is 1. The van der Waals surface area contributed by atoms with E-state index in [-0.39, 0.29) is 11.9 Å². The number of aryl methyl sites for hydroxylation is 3. The van der Waals surface area contributed by atoms with Gasteiger partial charge in [-0.3, -0.25) is 9.78 Å². The van der Waals surface area contributed by atoms with E-state index in [1.54, 1.807) is 6.20 Å². The van der Waals surface area contributed by atoms with Gasteiger partial charge in [-0.25, -0.2) is 4.98 Å². The summed E-state index contributed by atoms with van der Waals surface area (Å²) in [5.74, 6) is 0.765. The van der Waals surface area contributed by atoms with Crippen molar-refractivity contribution < 1.29 is 9.32 Å². The third-order valence-corrected chi connectivity index (χ3v) is 4.95. The van der Waals surface area contributed by atoms with Gasteiger partial charge in [-0.2, -0.15) is 0 Å². The smallest absolute Gasteiger partial charge is 0.254 e. The second-order valence-electron chi connectivity index (χ2n) is 7.05. The Morgan fingerprint density at radius 1 is 1.19 bits per heavy atom. The lowest BCUT2D eigenvalue weighted by molar-refractivity contribution is 0.0714.